The van der Waals surface area contributed by atoms with Crippen molar-refractivity contribution < 1.29 is 9.47 Å². The van der Waals surface area contributed by atoms with E-state index in [2.05, 4.69) is 41.1 Å². The highest BCUT2D eigenvalue weighted by molar-refractivity contribution is 5.79. The summed E-state index contributed by atoms with van der Waals surface area (Å²) in [5, 5.41) is 8.17. The average molecular weight is 402 g/mol. The molecule has 1 aromatic carbocycles. The fourth-order valence-corrected chi connectivity index (χ4v) is 3.67. The molecule has 7 heteroatoms. The van der Waals surface area contributed by atoms with E-state index in [-0.39, 0.29) is 0 Å². The Kier molecular flexibility index (Phi) is 7.93. The van der Waals surface area contributed by atoms with Crippen LogP contribution in [0.3, 0.4) is 0 Å². The van der Waals surface area contributed by atoms with Gasteiger partial charge < -0.3 is 19.7 Å². The summed E-state index contributed by atoms with van der Waals surface area (Å²) in [6.07, 6.45) is 1.88. The van der Waals surface area contributed by atoms with Crippen LogP contribution in [-0.2, 0) is 33.0 Å². The molecule has 29 heavy (non-hydrogen) atoms. The van der Waals surface area contributed by atoms with Gasteiger partial charge in [0.05, 0.1) is 19.9 Å². The number of guanidine groups is 1. The molecule has 2 aromatic rings. The summed E-state index contributed by atoms with van der Waals surface area (Å²) in [6.45, 7) is 7.81. The standard InChI is InChI=1S/C22H35N5O2/c1-9-18-17(19(10-2)27(6)25-18)13-24-22(23-4)26(5)14-16-12-21(29-8)20(28-7)11-15(16)3/h11-12H,9-10,13-14H2,1-8H3,(H,23,24). The first-order valence-corrected chi connectivity index (χ1v) is 10.1. The molecule has 0 bridgehead atoms. The predicted octanol–water partition coefficient (Wildman–Crippen LogP) is 3.08. The summed E-state index contributed by atoms with van der Waals surface area (Å²) in [7, 11) is 9.18. The number of aliphatic imine (C=N–C) groups is 1. The minimum Gasteiger partial charge on any atom is -0.493 e. The number of hydrogen-bond acceptors (Lipinski definition) is 4. The van der Waals surface area contributed by atoms with Gasteiger partial charge in [-0.3, -0.25) is 9.67 Å². The molecule has 0 saturated carbocycles. The number of aromatic nitrogens is 2. The number of methoxy groups -OCH3 is 2. The molecule has 0 radical (unpaired) electrons. The first-order valence-electron chi connectivity index (χ1n) is 10.1. The van der Waals surface area contributed by atoms with E-state index in [0.717, 1.165) is 47.1 Å². The van der Waals surface area contributed by atoms with Crippen LogP contribution in [-0.4, -0.2) is 49.0 Å². The molecule has 0 aliphatic rings. The number of nitrogens with zero attached hydrogens (tertiary/aromatic N) is 4. The summed E-state index contributed by atoms with van der Waals surface area (Å²) in [6, 6.07) is 4.04. The Hall–Kier alpha value is -2.70. The zero-order valence-electron chi connectivity index (χ0n) is 19.1. The quantitative estimate of drug-likeness (QED) is 0.544. The number of benzene rings is 1. The van der Waals surface area contributed by atoms with Crippen LogP contribution in [0.4, 0.5) is 0 Å². The lowest BCUT2D eigenvalue weighted by atomic mass is 10.1. The van der Waals surface area contributed by atoms with Gasteiger partial charge in [0.1, 0.15) is 0 Å². The van der Waals surface area contributed by atoms with E-state index in [1.165, 1.54) is 11.3 Å². The largest absolute Gasteiger partial charge is 0.493 e. The van der Waals surface area contributed by atoms with E-state index in [4.69, 9.17) is 9.47 Å². The Bertz CT molecular complexity index is 857. The van der Waals surface area contributed by atoms with E-state index >= 15 is 0 Å². The second-order valence-electron chi connectivity index (χ2n) is 7.09. The molecule has 0 saturated heterocycles. The predicted molar refractivity (Wildman–Crippen MR) is 118 cm³/mol. The second kappa shape index (κ2) is 10.2. The number of aryl methyl sites for hydroxylation is 3. The Morgan fingerprint density at radius 1 is 1.17 bits per heavy atom. The van der Waals surface area contributed by atoms with Crippen molar-refractivity contribution >= 4 is 5.96 Å². The third-order valence-corrected chi connectivity index (χ3v) is 5.27. The van der Waals surface area contributed by atoms with E-state index in [9.17, 15) is 0 Å². The number of hydrogen-bond donors (Lipinski definition) is 1. The lowest BCUT2D eigenvalue weighted by Crippen LogP contribution is -2.38. The van der Waals surface area contributed by atoms with Crippen LogP contribution in [0.1, 0.15) is 41.9 Å². The van der Waals surface area contributed by atoms with Gasteiger partial charge in [0.15, 0.2) is 17.5 Å². The van der Waals surface area contributed by atoms with Crippen molar-refractivity contribution in [3.8, 4) is 11.5 Å². The summed E-state index contributed by atoms with van der Waals surface area (Å²) in [5.74, 6) is 2.32. The minimum absolute atomic E-state index is 0.709. The molecule has 0 spiro atoms. The van der Waals surface area contributed by atoms with Crippen LogP contribution >= 0.6 is 0 Å². The van der Waals surface area contributed by atoms with Gasteiger partial charge in [0.2, 0.25) is 0 Å². The van der Waals surface area contributed by atoms with Gasteiger partial charge in [-0.25, -0.2) is 0 Å². The maximum Gasteiger partial charge on any atom is 0.193 e. The van der Waals surface area contributed by atoms with Gasteiger partial charge in [0.25, 0.3) is 0 Å². The molecule has 160 valence electrons. The maximum absolute atomic E-state index is 5.46. The molecule has 2 rings (SSSR count). The highest BCUT2D eigenvalue weighted by Gasteiger charge is 2.16. The van der Waals surface area contributed by atoms with E-state index in [1.54, 1.807) is 14.2 Å². The van der Waals surface area contributed by atoms with Gasteiger partial charge in [-0.15, -0.1) is 0 Å². The fourth-order valence-electron chi connectivity index (χ4n) is 3.67. The van der Waals surface area contributed by atoms with E-state index < -0.39 is 0 Å². The lowest BCUT2D eigenvalue weighted by molar-refractivity contribution is 0.353. The van der Waals surface area contributed by atoms with Crippen LogP contribution in [0.25, 0.3) is 0 Å². The normalized spacial score (nSPS) is 11.5. The summed E-state index contributed by atoms with van der Waals surface area (Å²) in [5.41, 5.74) is 6.00. The second-order valence-corrected chi connectivity index (χ2v) is 7.09. The lowest BCUT2D eigenvalue weighted by Gasteiger charge is -2.24. The Morgan fingerprint density at radius 2 is 1.83 bits per heavy atom. The molecule has 0 aliphatic carbocycles. The molecule has 0 amide bonds. The van der Waals surface area contributed by atoms with Crippen LogP contribution in [0, 0.1) is 6.92 Å². The Labute approximate surface area is 174 Å². The zero-order chi connectivity index (χ0) is 21.6. The van der Waals surface area contributed by atoms with Crippen LogP contribution < -0.4 is 14.8 Å². The Morgan fingerprint density at radius 3 is 2.38 bits per heavy atom. The smallest absolute Gasteiger partial charge is 0.193 e. The highest BCUT2D eigenvalue weighted by atomic mass is 16.5. The van der Waals surface area contributed by atoms with Gasteiger partial charge in [0, 0.05) is 45.5 Å². The first kappa shape index (κ1) is 22.6. The van der Waals surface area contributed by atoms with Crippen molar-refractivity contribution in [1.29, 1.82) is 0 Å². The maximum atomic E-state index is 5.46. The zero-order valence-corrected chi connectivity index (χ0v) is 19.1. The minimum atomic E-state index is 0.709. The third-order valence-electron chi connectivity index (χ3n) is 5.27. The average Bonchev–Trinajstić information content (AvgIpc) is 3.03. The van der Waals surface area contributed by atoms with Crippen molar-refractivity contribution in [2.45, 2.75) is 46.7 Å². The summed E-state index contributed by atoms with van der Waals surface area (Å²) in [4.78, 5) is 6.58. The third kappa shape index (κ3) is 5.02. The number of nitrogens with one attached hydrogen (secondary N) is 1. The van der Waals surface area contributed by atoms with Crippen molar-refractivity contribution in [2.24, 2.45) is 12.0 Å². The molecular weight excluding hydrogens is 366 g/mol. The van der Waals surface area contributed by atoms with Crippen LogP contribution in [0.5, 0.6) is 11.5 Å². The van der Waals surface area contributed by atoms with Gasteiger partial charge in [-0.2, -0.15) is 5.10 Å². The van der Waals surface area contributed by atoms with Crippen LogP contribution in [0.15, 0.2) is 17.1 Å². The fraction of sp³-hybridized carbons (Fsp3) is 0.545. The molecule has 0 atom stereocenters. The van der Waals surface area contributed by atoms with Crippen molar-refractivity contribution in [1.82, 2.24) is 20.0 Å². The summed E-state index contributed by atoms with van der Waals surface area (Å²) < 4.78 is 12.9. The topological polar surface area (TPSA) is 63.9 Å². The first-order chi connectivity index (χ1) is 13.9. The van der Waals surface area contributed by atoms with Crippen molar-refractivity contribution in [3.63, 3.8) is 0 Å². The van der Waals surface area contributed by atoms with Gasteiger partial charge >= 0.3 is 0 Å². The van der Waals surface area contributed by atoms with E-state index in [1.807, 2.05) is 38.0 Å². The number of ether oxygens (including phenoxy) is 2. The van der Waals surface area contributed by atoms with Crippen molar-refractivity contribution in [3.05, 3.63) is 40.2 Å². The Balaban J connectivity index is 2.16. The monoisotopic (exact) mass is 401 g/mol. The molecule has 0 aliphatic heterocycles. The SMILES string of the molecule is CCc1nn(C)c(CC)c1CNC(=NC)N(C)Cc1cc(OC)c(OC)cc1C. The van der Waals surface area contributed by atoms with E-state index in [0.29, 0.717) is 13.1 Å². The molecular formula is C22H35N5O2. The molecule has 1 aromatic heterocycles. The molecule has 7 nitrogen and oxygen atoms in total. The van der Waals surface area contributed by atoms with Crippen LogP contribution in [0.2, 0.25) is 0 Å². The molecule has 1 N–H and O–H groups in total. The summed E-state index contributed by atoms with van der Waals surface area (Å²) >= 11 is 0. The molecule has 1 heterocycles. The molecule has 0 unspecified atom stereocenters. The van der Waals surface area contributed by atoms with Gasteiger partial charge in [-0.05, 0) is 43.0 Å². The molecule has 0 fully saturated rings. The van der Waals surface area contributed by atoms with Gasteiger partial charge in [-0.1, -0.05) is 13.8 Å². The number of rotatable bonds is 8. The van der Waals surface area contributed by atoms with Crippen molar-refractivity contribution in [2.75, 3.05) is 28.3 Å². The highest BCUT2D eigenvalue weighted by Crippen LogP contribution is 2.30.